The second-order valence-electron chi connectivity index (χ2n) is 7.15. The van der Waals surface area contributed by atoms with E-state index in [1.54, 1.807) is 30.9 Å². The highest BCUT2D eigenvalue weighted by atomic mass is 19.4. The van der Waals surface area contributed by atoms with Gasteiger partial charge in [0.05, 0.1) is 23.0 Å². The van der Waals surface area contributed by atoms with Crippen molar-refractivity contribution in [2.24, 2.45) is 4.99 Å². The highest BCUT2D eigenvalue weighted by Crippen LogP contribution is 2.30. The molecular weight excluding hydrogens is 431 g/mol. The van der Waals surface area contributed by atoms with Crippen molar-refractivity contribution >= 4 is 17.4 Å². The van der Waals surface area contributed by atoms with Crippen LogP contribution >= 0.6 is 0 Å². The zero-order valence-corrected chi connectivity index (χ0v) is 17.7. The lowest BCUT2D eigenvalue weighted by Gasteiger charge is -2.07. The van der Waals surface area contributed by atoms with Gasteiger partial charge in [0.25, 0.3) is 0 Å². The highest BCUT2D eigenvalue weighted by molar-refractivity contribution is 5.74. The summed E-state index contributed by atoms with van der Waals surface area (Å²) in [5.41, 5.74) is 3.43. The standard InChI is InChI=1S/C24H20F3N5O/c1-3-28-11-10-16(2)20-12-29-31-23(20)33-15-17-4-6-18(7-5-17)21-14-32-13-19(24(25,26)27)8-9-22(32)30-21/h3-14H,2,15H2,1H3,(H,29,31)/b11-10-,28-3?. The molecule has 1 N–H and O–H groups in total. The zero-order valence-electron chi connectivity index (χ0n) is 17.7. The lowest BCUT2D eigenvalue weighted by molar-refractivity contribution is -0.137. The summed E-state index contributed by atoms with van der Waals surface area (Å²) < 4.78 is 46.0. The SMILES string of the molecule is C=C(/C=C\N=CC)c1cn[nH]c1OCc1ccc(-c2cn3cc(C(F)(F)F)ccc3n2)cc1. The Bertz CT molecular complexity index is 1330. The monoisotopic (exact) mass is 451 g/mol. The molecular formula is C24H20F3N5O. The number of halogens is 3. The number of aromatic nitrogens is 4. The van der Waals surface area contributed by atoms with Gasteiger partial charge >= 0.3 is 6.18 Å². The van der Waals surface area contributed by atoms with Crippen molar-refractivity contribution in [3.05, 3.63) is 90.5 Å². The van der Waals surface area contributed by atoms with Gasteiger partial charge in [-0.2, -0.15) is 18.3 Å². The Labute approximate surface area is 187 Å². The Morgan fingerprint density at radius 2 is 1.97 bits per heavy atom. The fraction of sp³-hybridized carbons (Fsp3) is 0.125. The molecule has 0 unspecified atom stereocenters. The van der Waals surface area contributed by atoms with E-state index in [0.29, 0.717) is 29.4 Å². The van der Waals surface area contributed by atoms with E-state index in [1.165, 1.54) is 10.5 Å². The second-order valence-corrected chi connectivity index (χ2v) is 7.15. The summed E-state index contributed by atoms with van der Waals surface area (Å²) in [4.78, 5) is 8.42. The molecule has 0 aliphatic heterocycles. The van der Waals surface area contributed by atoms with Crippen molar-refractivity contribution in [2.75, 3.05) is 0 Å². The summed E-state index contributed by atoms with van der Waals surface area (Å²) in [5, 5.41) is 6.83. The molecule has 0 fully saturated rings. The maximum Gasteiger partial charge on any atom is 0.417 e. The van der Waals surface area contributed by atoms with Crippen LogP contribution < -0.4 is 4.74 Å². The van der Waals surface area contributed by atoms with Crippen LogP contribution in [0.5, 0.6) is 5.88 Å². The molecule has 3 aromatic heterocycles. The highest BCUT2D eigenvalue weighted by Gasteiger charge is 2.30. The largest absolute Gasteiger partial charge is 0.473 e. The summed E-state index contributed by atoms with van der Waals surface area (Å²) in [7, 11) is 0. The van der Waals surface area contributed by atoms with Gasteiger partial charge in [0.1, 0.15) is 12.3 Å². The van der Waals surface area contributed by atoms with E-state index in [0.717, 1.165) is 29.0 Å². The molecule has 3 heterocycles. The first-order chi connectivity index (χ1) is 15.8. The molecule has 4 aromatic rings. The number of aromatic amines is 1. The van der Waals surface area contributed by atoms with E-state index in [4.69, 9.17) is 4.74 Å². The predicted molar refractivity (Wildman–Crippen MR) is 121 cm³/mol. The molecule has 0 amide bonds. The molecule has 168 valence electrons. The van der Waals surface area contributed by atoms with Gasteiger partial charge in [-0.25, -0.2) is 10.1 Å². The number of allylic oxidation sites excluding steroid dienone is 2. The van der Waals surface area contributed by atoms with Crippen LogP contribution in [0.2, 0.25) is 0 Å². The molecule has 6 nitrogen and oxygen atoms in total. The average molecular weight is 451 g/mol. The molecule has 0 aliphatic rings. The minimum Gasteiger partial charge on any atom is -0.473 e. The maximum absolute atomic E-state index is 12.9. The fourth-order valence-corrected chi connectivity index (χ4v) is 3.15. The van der Waals surface area contributed by atoms with Crippen molar-refractivity contribution in [3.63, 3.8) is 0 Å². The van der Waals surface area contributed by atoms with Crippen LogP contribution in [0.25, 0.3) is 22.5 Å². The summed E-state index contributed by atoms with van der Waals surface area (Å²) in [6, 6.07) is 9.83. The van der Waals surface area contributed by atoms with Gasteiger partial charge < -0.3 is 9.14 Å². The van der Waals surface area contributed by atoms with E-state index in [1.807, 2.05) is 31.2 Å². The van der Waals surface area contributed by atoms with E-state index >= 15 is 0 Å². The molecule has 1 aromatic carbocycles. The number of rotatable bonds is 7. The van der Waals surface area contributed by atoms with Crippen molar-refractivity contribution in [2.45, 2.75) is 19.7 Å². The van der Waals surface area contributed by atoms with E-state index in [-0.39, 0.29) is 0 Å². The third-order valence-corrected chi connectivity index (χ3v) is 4.87. The Kier molecular flexibility index (Phi) is 6.12. The topological polar surface area (TPSA) is 67.6 Å². The van der Waals surface area contributed by atoms with Gasteiger partial charge in [0.2, 0.25) is 5.88 Å². The minimum atomic E-state index is -4.40. The van der Waals surface area contributed by atoms with E-state index in [2.05, 4.69) is 26.8 Å². The summed E-state index contributed by atoms with van der Waals surface area (Å²) >= 11 is 0. The number of pyridine rings is 1. The van der Waals surface area contributed by atoms with Crippen LogP contribution in [0.15, 0.2) is 78.8 Å². The van der Waals surface area contributed by atoms with E-state index in [9.17, 15) is 13.2 Å². The number of nitrogens with one attached hydrogen (secondary N) is 1. The number of aliphatic imine (C=N–C) groups is 1. The first-order valence-electron chi connectivity index (χ1n) is 10.00. The van der Waals surface area contributed by atoms with Crippen LogP contribution in [0, 0.1) is 0 Å². The maximum atomic E-state index is 12.9. The number of H-pyrrole nitrogens is 1. The number of hydrogen-bond donors (Lipinski definition) is 1. The number of benzene rings is 1. The number of hydrogen-bond acceptors (Lipinski definition) is 4. The van der Waals surface area contributed by atoms with Crippen molar-refractivity contribution in [3.8, 4) is 17.1 Å². The van der Waals surface area contributed by atoms with Gasteiger partial charge in [-0.3, -0.25) is 4.99 Å². The molecule has 0 bridgehead atoms. The van der Waals surface area contributed by atoms with E-state index < -0.39 is 11.7 Å². The smallest absolute Gasteiger partial charge is 0.417 e. The fourth-order valence-electron chi connectivity index (χ4n) is 3.15. The minimum absolute atomic E-state index is 0.291. The molecule has 0 radical (unpaired) electrons. The summed E-state index contributed by atoms with van der Waals surface area (Å²) in [6.45, 7) is 6.11. The molecule has 4 rings (SSSR count). The molecule has 0 atom stereocenters. The molecule has 0 saturated carbocycles. The molecule has 33 heavy (non-hydrogen) atoms. The molecule has 9 heteroatoms. The van der Waals surface area contributed by atoms with Gasteiger partial charge in [-0.15, -0.1) is 0 Å². The number of imidazole rings is 1. The molecule has 0 spiro atoms. The van der Waals surface area contributed by atoms with Crippen LogP contribution in [0.3, 0.4) is 0 Å². The molecule has 0 aliphatic carbocycles. The second kappa shape index (κ2) is 9.15. The van der Waals surface area contributed by atoms with Crippen LogP contribution in [0.1, 0.15) is 23.6 Å². The van der Waals surface area contributed by atoms with Crippen LogP contribution in [-0.2, 0) is 12.8 Å². The Morgan fingerprint density at radius 3 is 2.70 bits per heavy atom. The van der Waals surface area contributed by atoms with Gasteiger partial charge in [-0.05, 0) is 36.3 Å². The first kappa shape index (κ1) is 22.1. The third kappa shape index (κ3) is 5.03. The quantitative estimate of drug-likeness (QED) is 0.279. The predicted octanol–water partition coefficient (Wildman–Crippen LogP) is 5.94. The van der Waals surface area contributed by atoms with Crippen molar-refractivity contribution in [1.82, 2.24) is 19.6 Å². The molecule has 0 saturated heterocycles. The summed E-state index contributed by atoms with van der Waals surface area (Å²) in [6.07, 6.45) is 4.92. The van der Waals surface area contributed by atoms with Gasteiger partial charge in [0.15, 0.2) is 0 Å². The van der Waals surface area contributed by atoms with Gasteiger partial charge in [0, 0.05) is 30.4 Å². The van der Waals surface area contributed by atoms with Crippen LogP contribution in [0.4, 0.5) is 13.2 Å². The number of alkyl halides is 3. The van der Waals surface area contributed by atoms with Crippen LogP contribution in [-0.4, -0.2) is 25.8 Å². The Hall–Kier alpha value is -4.14. The van der Waals surface area contributed by atoms with Crippen molar-refractivity contribution < 1.29 is 17.9 Å². The Morgan fingerprint density at radius 1 is 1.18 bits per heavy atom. The lowest BCUT2D eigenvalue weighted by atomic mass is 10.1. The third-order valence-electron chi connectivity index (χ3n) is 4.87. The summed E-state index contributed by atoms with van der Waals surface area (Å²) in [5.74, 6) is 0.495. The zero-order chi connectivity index (χ0) is 23.4. The number of fused-ring (bicyclic) bond motifs is 1. The average Bonchev–Trinajstić information content (AvgIpc) is 3.44. The van der Waals surface area contributed by atoms with Crippen molar-refractivity contribution in [1.29, 1.82) is 0 Å². The normalized spacial score (nSPS) is 12.2. The number of nitrogens with zero attached hydrogens (tertiary/aromatic N) is 4. The number of ether oxygens (including phenoxy) is 1. The van der Waals surface area contributed by atoms with Gasteiger partial charge in [-0.1, -0.05) is 30.8 Å². The Balaban J connectivity index is 1.46. The lowest BCUT2D eigenvalue weighted by Crippen LogP contribution is -2.05. The first-order valence-corrected chi connectivity index (χ1v) is 10.00.